The van der Waals surface area contributed by atoms with Gasteiger partial charge in [-0.05, 0) is 33.2 Å². The molecule has 3 saturated heterocycles. The second-order valence-electron chi connectivity index (χ2n) is 18.1. The number of carbonyl (C=O) groups is 1. The molecule has 17 heteroatoms. The molecule has 15 atom stereocenters. The normalized spacial score (nSPS) is 33.8. The van der Waals surface area contributed by atoms with Crippen LogP contribution < -0.4 is 5.32 Å². The van der Waals surface area contributed by atoms with E-state index in [9.17, 15) is 45.6 Å². The highest BCUT2D eigenvalue weighted by Crippen LogP contribution is 2.33. The SMILES string of the molecule is CCCCCCCCCCCCNC(=O)CN(CCCCCCCCCCCC)CCO[C@@H]1O[C@H](CO)[C@@H](O[C@@H]2O[C@@H](C)[C@H](O)[C@@H](O)[C@H]2O)[C@H](O)[C@H]1O[C@@H]1O[C@@H](C)[C@H](O)[C@@H](O)[C@H]1O. The fourth-order valence-electron chi connectivity index (χ4n) is 8.54. The van der Waals surface area contributed by atoms with Gasteiger partial charge in [0.25, 0.3) is 0 Å². The predicted octanol–water partition coefficient (Wildman–Crippen LogP) is 2.77. The first-order chi connectivity index (χ1) is 30.3. The lowest BCUT2D eigenvalue weighted by Crippen LogP contribution is -2.66. The molecule has 0 radical (unpaired) electrons. The summed E-state index contributed by atoms with van der Waals surface area (Å²) in [5.74, 6) is -0.0822. The lowest BCUT2D eigenvalue weighted by molar-refractivity contribution is -0.384. The molecule has 3 fully saturated rings. The molecule has 0 aromatic carbocycles. The average Bonchev–Trinajstić information content (AvgIpc) is 3.27. The zero-order valence-electron chi connectivity index (χ0n) is 38.9. The molecule has 0 aromatic heterocycles. The number of rotatable bonds is 33. The third-order valence-corrected chi connectivity index (χ3v) is 12.7. The topological polar surface area (TPSA) is 250 Å². The van der Waals surface area contributed by atoms with E-state index in [4.69, 9.17) is 28.4 Å². The number of nitrogens with zero attached hydrogens (tertiary/aromatic N) is 1. The number of hydrogen-bond acceptors (Lipinski definition) is 16. The zero-order valence-corrected chi connectivity index (χ0v) is 38.9. The first-order valence-electron chi connectivity index (χ1n) is 24.6. The third kappa shape index (κ3) is 19.6. The molecule has 372 valence electrons. The summed E-state index contributed by atoms with van der Waals surface area (Å²) in [5.41, 5.74) is 0. The molecule has 3 heterocycles. The van der Waals surface area contributed by atoms with Crippen LogP contribution in [0, 0.1) is 0 Å². The maximum atomic E-state index is 13.2. The second-order valence-corrected chi connectivity index (χ2v) is 18.1. The highest BCUT2D eigenvalue weighted by molar-refractivity contribution is 5.77. The smallest absolute Gasteiger partial charge is 0.234 e. The number of hydrogen-bond donors (Lipinski definition) is 9. The fourth-order valence-corrected chi connectivity index (χ4v) is 8.54. The number of aliphatic hydroxyl groups is 8. The highest BCUT2D eigenvalue weighted by atomic mass is 16.8. The Balaban J connectivity index is 1.64. The Bertz CT molecular complexity index is 1180. The van der Waals surface area contributed by atoms with Gasteiger partial charge >= 0.3 is 0 Å². The van der Waals surface area contributed by atoms with E-state index in [1.165, 1.54) is 104 Å². The zero-order chi connectivity index (χ0) is 46.1. The number of amides is 1. The number of aliphatic hydroxyl groups excluding tert-OH is 8. The van der Waals surface area contributed by atoms with E-state index in [-0.39, 0.29) is 19.1 Å². The van der Waals surface area contributed by atoms with Crippen LogP contribution in [0.3, 0.4) is 0 Å². The van der Waals surface area contributed by atoms with E-state index >= 15 is 0 Å². The molecule has 9 N–H and O–H groups in total. The average molecular weight is 909 g/mol. The van der Waals surface area contributed by atoms with Crippen LogP contribution in [0.15, 0.2) is 0 Å². The summed E-state index contributed by atoms with van der Waals surface area (Å²) in [4.78, 5) is 15.2. The minimum absolute atomic E-state index is 0.00225. The molecule has 63 heavy (non-hydrogen) atoms. The maximum absolute atomic E-state index is 13.2. The van der Waals surface area contributed by atoms with Gasteiger partial charge in [0.1, 0.15) is 61.0 Å². The van der Waals surface area contributed by atoms with Crippen molar-refractivity contribution in [1.29, 1.82) is 0 Å². The van der Waals surface area contributed by atoms with Crippen molar-refractivity contribution in [1.82, 2.24) is 10.2 Å². The number of unbranched alkanes of at least 4 members (excludes halogenated alkanes) is 18. The molecule has 0 bridgehead atoms. The molecule has 3 aliphatic rings. The fraction of sp³-hybridized carbons (Fsp3) is 0.978. The van der Waals surface area contributed by atoms with E-state index in [1.807, 2.05) is 4.90 Å². The Hall–Kier alpha value is -1.13. The summed E-state index contributed by atoms with van der Waals surface area (Å²) in [7, 11) is 0. The summed E-state index contributed by atoms with van der Waals surface area (Å²) in [6.07, 6.45) is 1.90. The van der Waals surface area contributed by atoms with E-state index < -0.39 is 98.7 Å². The van der Waals surface area contributed by atoms with Crippen molar-refractivity contribution in [3.63, 3.8) is 0 Å². The minimum Gasteiger partial charge on any atom is -0.394 e. The Labute approximate surface area is 377 Å². The lowest BCUT2D eigenvalue weighted by atomic mass is 9.96. The van der Waals surface area contributed by atoms with Gasteiger partial charge in [0.05, 0.1) is 32.0 Å². The molecule has 0 unspecified atom stereocenters. The van der Waals surface area contributed by atoms with Crippen molar-refractivity contribution in [2.45, 2.75) is 248 Å². The van der Waals surface area contributed by atoms with Gasteiger partial charge in [-0.25, -0.2) is 0 Å². The van der Waals surface area contributed by atoms with Gasteiger partial charge in [0, 0.05) is 13.1 Å². The summed E-state index contributed by atoms with van der Waals surface area (Å²) in [6, 6.07) is 0. The van der Waals surface area contributed by atoms with E-state index in [0.29, 0.717) is 19.6 Å². The first-order valence-corrected chi connectivity index (χ1v) is 24.6. The Kier molecular flexibility index (Phi) is 28.3. The van der Waals surface area contributed by atoms with Crippen molar-refractivity contribution in [2.75, 3.05) is 39.4 Å². The summed E-state index contributed by atoms with van der Waals surface area (Å²) in [5, 5.41) is 88.2. The van der Waals surface area contributed by atoms with Crippen molar-refractivity contribution in [3.8, 4) is 0 Å². The lowest BCUT2D eigenvalue weighted by Gasteiger charge is -2.48. The Morgan fingerprint density at radius 1 is 0.524 bits per heavy atom. The van der Waals surface area contributed by atoms with Gasteiger partial charge < -0.3 is 74.6 Å². The van der Waals surface area contributed by atoms with Crippen molar-refractivity contribution in [3.05, 3.63) is 0 Å². The first kappa shape index (κ1) is 56.2. The third-order valence-electron chi connectivity index (χ3n) is 12.7. The molecular weight excluding hydrogens is 821 g/mol. The minimum atomic E-state index is -1.74. The highest BCUT2D eigenvalue weighted by Gasteiger charge is 2.53. The standard InChI is InChI=1S/C46H88N2O15/c1-5-7-9-11-13-15-17-19-21-23-25-47-34(50)29-48(26-24-22-20-18-16-14-12-10-8-6-2)27-28-58-46-43(63-45-40(56)38(54)36(52)32(4)60-45)41(57)42(33(30-49)61-46)62-44-39(55)37(53)35(51)31(3)59-44/h31-33,35-46,49,51-57H,5-30H2,1-4H3,(H,47,50)/t31-,32-,33+,35-,36-,37+,38+,39+,40+,41-,42+,43+,44-,45-,46+/m0/s1. The number of ether oxygens (including phenoxy) is 6. The Morgan fingerprint density at radius 3 is 1.44 bits per heavy atom. The van der Waals surface area contributed by atoms with Gasteiger partial charge in [-0.15, -0.1) is 0 Å². The molecule has 0 spiro atoms. The van der Waals surface area contributed by atoms with Gasteiger partial charge in [0.15, 0.2) is 18.9 Å². The predicted molar refractivity (Wildman–Crippen MR) is 235 cm³/mol. The van der Waals surface area contributed by atoms with Crippen LogP contribution >= 0.6 is 0 Å². The maximum Gasteiger partial charge on any atom is 0.234 e. The number of carbonyl (C=O) groups excluding carboxylic acids is 1. The van der Waals surface area contributed by atoms with Crippen LogP contribution in [0.1, 0.15) is 156 Å². The quantitative estimate of drug-likeness (QED) is 0.0430. The van der Waals surface area contributed by atoms with Crippen LogP contribution in [0.5, 0.6) is 0 Å². The molecule has 0 aliphatic carbocycles. The van der Waals surface area contributed by atoms with E-state index in [2.05, 4.69) is 19.2 Å². The van der Waals surface area contributed by atoms with Gasteiger partial charge in [-0.2, -0.15) is 0 Å². The molecule has 0 aromatic rings. The summed E-state index contributed by atoms with van der Waals surface area (Å²) < 4.78 is 35.5. The van der Waals surface area contributed by atoms with Gasteiger partial charge in [0.2, 0.25) is 5.91 Å². The molecule has 0 saturated carbocycles. The molecule has 3 rings (SSSR count). The van der Waals surface area contributed by atoms with Crippen LogP contribution in [0.2, 0.25) is 0 Å². The molecule has 1 amide bonds. The van der Waals surface area contributed by atoms with Gasteiger partial charge in [-0.1, -0.05) is 129 Å². The molecular formula is C46H88N2O15. The van der Waals surface area contributed by atoms with Crippen LogP contribution in [0.4, 0.5) is 0 Å². The molecule has 3 aliphatic heterocycles. The second kappa shape index (κ2) is 31.8. The van der Waals surface area contributed by atoms with Crippen LogP contribution in [-0.2, 0) is 33.2 Å². The van der Waals surface area contributed by atoms with Gasteiger partial charge in [-0.3, -0.25) is 9.69 Å². The van der Waals surface area contributed by atoms with E-state index in [0.717, 1.165) is 38.5 Å². The monoisotopic (exact) mass is 909 g/mol. The van der Waals surface area contributed by atoms with Crippen molar-refractivity contribution < 1.29 is 74.1 Å². The Morgan fingerprint density at radius 2 is 0.968 bits per heavy atom. The van der Waals surface area contributed by atoms with Crippen molar-refractivity contribution in [2.24, 2.45) is 0 Å². The van der Waals surface area contributed by atoms with Crippen molar-refractivity contribution >= 4 is 5.91 Å². The summed E-state index contributed by atoms with van der Waals surface area (Å²) in [6.45, 7) is 8.43. The summed E-state index contributed by atoms with van der Waals surface area (Å²) >= 11 is 0. The van der Waals surface area contributed by atoms with Crippen LogP contribution in [0.25, 0.3) is 0 Å². The number of nitrogens with one attached hydrogen (secondary N) is 1. The van der Waals surface area contributed by atoms with E-state index in [1.54, 1.807) is 0 Å². The molecule has 17 nitrogen and oxygen atoms in total. The largest absolute Gasteiger partial charge is 0.394 e. The van der Waals surface area contributed by atoms with Crippen LogP contribution in [-0.4, -0.2) is 183 Å².